The fourth-order valence-corrected chi connectivity index (χ4v) is 4.57. The second-order valence-corrected chi connectivity index (χ2v) is 10.8. The van der Waals surface area contributed by atoms with Crippen molar-refractivity contribution < 1.29 is 18.0 Å². The first kappa shape index (κ1) is 27.7. The molecule has 0 heterocycles. The first-order valence-corrected chi connectivity index (χ1v) is 13.5. The third kappa shape index (κ3) is 7.46. The van der Waals surface area contributed by atoms with Crippen LogP contribution in [0, 0.1) is 6.92 Å². The quantitative estimate of drug-likeness (QED) is 0.501. The SMILES string of the molecule is CC[C@@H](C)NC(=O)[C@H](C)N(CCc1ccccc1)C(=O)CN(c1cccc(Cl)c1C)S(C)(=O)=O. The Kier molecular flexibility index (Phi) is 9.94. The van der Waals surface area contributed by atoms with E-state index in [0.717, 1.165) is 22.5 Å². The minimum atomic E-state index is -3.80. The van der Waals surface area contributed by atoms with Crippen molar-refractivity contribution in [2.45, 2.75) is 52.6 Å². The van der Waals surface area contributed by atoms with Gasteiger partial charge in [-0.25, -0.2) is 8.42 Å². The summed E-state index contributed by atoms with van der Waals surface area (Å²) in [5.74, 6) is -0.742. The van der Waals surface area contributed by atoms with Crippen LogP contribution in [0.3, 0.4) is 0 Å². The van der Waals surface area contributed by atoms with Gasteiger partial charge in [0.2, 0.25) is 21.8 Å². The van der Waals surface area contributed by atoms with E-state index < -0.39 is 28.5 Å². The molecule has 0 saturated carbocycles. The van der Waals surface area contributed by atoms with Gasteiger partial charge in [0.1, 0.15) is 12.6 Å². The van der Waals surface area contributed by atoms with E-state index in [4.69, 9.17) is 11.6 Å². The van der Waals surface area contributed by atoms with E-state index in [9.17, 15) is 18.0 Å². The molecular weight excluding hydrogens is 474 g/mol. The lowest BCUT2D eigenvalue weighted by Gasteiger charge is -2.32. The molecule has 0 spiro atoms. The molecule has 0 aliphatic carbocycles. The number of nitrogens with zero attached hydrogens (tertiary/aromatic N) is 2. The van der Waals surface area contributed by atoms with Gasteiger partial charge in [0.25, 0.3) is 0 Å². The third-order valence-corrected chi connectivity index (χ3v) is 7.38. The predicted octanol–water partition coefficient (Wildman–Crippen LogP) is 3.79. The Hall–Kier alpha value is -2.58. The number of hydrogen-bond donors (Lipinski definition) is 1. The fraction of sp³-hybridized carbons (Fsp3) is 0.440. The molecule has 1 N–H and O–H groups in total. The number of sulfonamides is 1. The highest BCUT2D eigenvalue weighted by Gasteiger charge is 2.30. The Balaban J connectivity index is 2.35. The van der Waals surface area contributed by atoms with E-state index >= 15 is 0 Å². The Labute approximate surface area is 208 Å². The lowest BCUT2D eigenvalue weighted by Crippen LogP contribution is -2.53. The van der Waals surface area contributed by atoms with Crippen LogP contribution >= 0.6 is 11.6 Å². The number of carbonyl (C=O) groups is 2. The van der Waals surface area contributed by atoms with Gasteiger partial charge in [-0.1, -0.05) is 54.9 Å². The second kappa shape index (κ2) is 12.2. The second-order valence-electron chi connectivity index (χ2n) is 8.47. The number of carbonyl (C=O) groups excluding carboxylic acids is 2. The summed E-state index contributed by atoms with van der Waals surface area (Å²) in [5.41, 5.74) is 1.91. The van der Waals surface area contributed by atoms with E-state index in [1.807, 2.05) is 44.2 Å². The van der Waals surface area contributed by atoms with Crippen LogP contribution in [-0.4, -0.2) is 56.6 Å². The molecule has 0 aliphatic heterocycles. The van der Waals surface area contributed by atoms with Crippen molar-refractivity contribution in [3.63, 3.8) is 0 Å². The average molecular weight is 508 g/mol. The van der Waals surface area contributed by atoms with E-state index in [1.54, 1.807) is 32.0 Å². The molecule has 2 atom stereocenters. The van der Waals surface area contributed by atoms with Crippen molar-refractivity contribution in [3.05, 3.63) is 64.7 Å². The van der Waals surface area contributed by atoms with Gasteiger partial charge in [0.05, 0.1) is 11.9 Å². The van der Waals surface area contributed by atoms with Crippen LogP contribution in [0.25, 0.3) is 0 Å². The molecule has 2 aromatic carbocycles. The normalized spacial score (nSPS) is 13.1. The van der Waals surface area contributed by atoms with Crippen molar-refractivity contribution in [2.24, 2.45) is 0 Å². The number of rotatable bonds is 11. The maximum absolute atomic E-state index is 13.5. The first-order valence-electron chi connectivity index (χ1n) is 11.3. The van der Waals surface area contributed by atoms with Gasteiger partial charge >= 0.3 is 0 Å². The number of benzene rings is 2. The molecule has 2 amide bonds. The maximum Gasteiger partial charge on any atom is 0.244 e. The molecule has 186 valence electrons. The first-order chi connectivity index (χ1) is 16.0. The monoisotopic (exact) mass is 507 g/mol. The number of nitrogens with one attached hydrogen (secondary N) is 1. The standard InChI is InChI=1S/C25H34ClN3O4S/c1-6-18(2)27-25(31)20(4)28(16-15-21-11-8-7-9-12-21)24(30)17-29(34(5,32)33)23-14-10-13-22(26)19(23)3/h7-14,18,20H,6,15-17H2,1-5H3,(H,27,31)/t18-,20+/m1/s1. The Morgan fingerprint density at radius 2 is 1.71 bits per heavy atom. The summed E-state index contributed by atoms with van der Waals surface area (Å²) in [6, 6.07) is 13.7. The predicted molar refractivity (Wildman–Crippen MR) is 138 cm³/mol. The van der Waals surface area contributed by atoms with Crippen LogP contribution in [0.4, 0.5) is 5.69 Å². The highest BCUT2D eigenvalue weighted by molar-refractivity contribution is 7.92. The molecule has 0 bridgehead atoms. The van der Waals surface area contributed by atoms with Crippen molar-refractivity contribution in [1.29, 1.82) is 0 Å². The number of halogens is 1. The lowest BCUT2D eigenvalue weighted by atomic mass is 10.1. The van der Waals surface area contributed by atoms with Gasteiger partial charge in [0, 0.05) is 17.6 Å². The van der Waals surface area contributed by atoms with E-state index in [0.29, 0.717) is 22.7 Å². The molecule has 2 rings (SSSR count). The third-order valence-electron chi connectivity index (χ3n) is 5.84. The van der Waals surface area contributed by atoms with E-state index in [-0.39, 0.29) is 18.5 Å². The van der Waals surface area contributed by atoms with Crippen molar-refractivity contribution in [2.75, 3.05) is 23.7 Å². The van der Waals surface area contributed by atoms with Crippen LogP contribution < -0.4 is 9.62 Å². The zero-order chi connectivity index (χ0) is 25.5. The van der Waals surface area contributed by atoms with Gasteiger partial charge < -0.3 is 10.2 Å². The van der Waals surface area contributed by atoms with Gasteiger partial charge in [-0.3, -0.25) is 13.9 Å². The molecule has 0 aromatic heterocycles. The summed E-state index contributed by atoms with van der Waals surface area (Å²) in [4.78, 5) is 27.8. The molecule has 2 aromatic rings. The molecule has 34 heavy (non-hydrogen) atoms. The highest BCUT2D eigenvalue weighted by Crippen LogP contribution is 2.28. The minimum Gasteiger partial charge on any atom is -0.352 e. The van der Waals surface area contributed by atoms with Gasteiger partial charge in [-0.15, -0.1) is 0 Å². The molecule has 0 fully saturated rings. The Bertz CT molecular complexity index is 1090. The topological polar surface area (TPSA) is 86.8 Å². The minimum absolute atomic E-state index is 0.0392. The van der Waals surface area contributed by atoms with Gasteiger partial charge in [0.15, 0.2) is 0 Å². The molecule has 0 aliphatic rings. The summed E-state index contributed by atoms with van der Waals surface area (Å²) in [6.45, 7) is 7.06. The molecule has 9 heteroatoms. The largest absolute Gasteiger partial charge is 0.352 e. The van der Waals surface area contributed by atoms with Gasteiger partial charge in [-0.05, 0) is 56.9 Å². The average Bonchev–Trinajstić information content (AvgIpc) is 2.79. The maximum atomic E-state index is 13.5. The molecule has 7 nitrogen and oxygen atoms in total. The highest BCUT2D eigenvalue weighted by atomic mass is 35.5. The van der Waals surface area contributed by atoms with Crippen LogP contribution in [0.2, 0.25) is 5.02 Å². The van der Waals surface area contributed by atoms with Gasteiger partial charge in [-0.2, -0.15) is 0 Å². The summed E-state index contributed by atoms with van der Waals surface area (Å²) in [6.07, 6.45) is 2.34. The number of hydrogen-bond acceptors (Lipinski definition) is 4. The molecule has 0 saturated heterocycles. The Morgan fingerprint density at radius 1 is 1.06 bits per heavy atom. The Morgan fingerprint density at radius 3 is 2.29 bits per heavy atom. The summed E-state index contributed by atoms with van der Waals surface area (Å²) >= 11 is 6.21. The number of amides is 2. The smallest absolute Gasteiger partial charge is 0.244 e. The zero-order valence-corrected chi connectivity index (χ0v) is 22.0. The lowest BCUT2D eigenvalue weighted by molar-refractivity contribution is -0.139. The summed E-state index contributed by atoms with van der Waals surface area (Å²) in [5, 5.41) is 3.32. The zero-order valence-electron chi connectivity index (χ0n) is 20.4. The van der Waals surface area contributed by atoms with E-state index in [1.165, 1.54) is 4.90 Å². The van der Waals surface area contributed by atoms with Crippen LogP contribution in [0.15, 0.2) is 48.5 Å². The van der Waals surface area contributed by atoms with Crippen LogP contribution in [-0.2, 0) is 26.0 Å². The molecule has 0 radical (unpaired) electrons. The summed E-state index contributed by atoms with van der Waals surface area (Å²) < 4.78 is 26.4. The van der Waals surface area contributed by atoms with Crippen molar-refractivity contribution in [1.82, 2.24) is 10.2 Å². The van der Waals surface area contributed by atoms with Crippen molar-refractivity contribution >= 4 is 39.1 Å². The summed E-state index contributed by atoms with van der Waals surface area (Å²) in [7, 11) is -3.80. The van der Waals surface area contributed by atoms with Crippen molar-refractivity contribution in [3.8, 4) is 0 Å². The van der Waals surface area contributed by atoms with Crippen LogP contribution in [0.1, 0.15) is 38.3 Å². The fourth-order valence-electron chi connectivity index (χ4n) is 3.50. The molecule has 0 unspecified atom stereocenters. The van der Waals surface area contributed by atoms with Crippen LogP contribution in [0.5, 0.6) is 0 Å². The van der Waals surface area contributed by atoms with E-state index in [2.05, 4.69) is 5.32 Å². The number of anilines is 1. The molecular formula is C25H34ClN3O4S.